The van der Waals surface area contributed by atoms with Gasteiger partial charge < -0.3 is 14.4 Å². The van der Waals surface area contributed by atoms with Gasteiger partial charge in [-0.2, -0.15) is 0 Å². The van der Waals surface area contributed by atoms with Crippen molar-refractivity contribution in [2.24, 2.45) is 0 Å². The molecule has 5 nitrogen and oxygen atoms in total. The van der Waals surface area contributed by atoms with Gasteiger partial charge in [-0.1, -0.05) is 0 Å². The number of hydrogen-bond acceptors (Lipinski definition) is 5. The molecule has 1 N–H and O–H groups in total. The summed E-state index contributed by atoms with van der Waals surface area (Å²) in [7, 11) is -5.09. The summed E-state index contributed by atoms with van der Waals surface area (Å²) < 4.78 is 11.4. The van der Waals surface area contributed by atoms with Gasteiger partial charge in [-0.25, -0.2) is 9.93 Å². The Balaban J connectivity index is -0.000000125. The molecule has 0 rings (SSSR count). The number of rotatable bonds is 1. The monoisotopic (exact) mass is 208 g/mol. The van der Waals surface area contributed by atoms with E-state index in [-0.39, 0.29) is 54.8 Å². The Bertz CT molecular complexity index is 76.5. The first-order valence-corrected chi connectivity index (χ1v) is 2.37. The second kappa shape index (κ2) is 6.96. The van der Waals surface area contributed by atoms with E-state index in [2.05, 4.69) is 4.67 Å². The van der Waals surface area contributed by atoms with E-state index in [4.69, 9.17) is 19.6 Å². The van der Waals surface area contributed by atoms with Gasteiger partial charge in [0.25, 0.3) is 0 Å². The van der Waals surface area contributed by atoms with E-state index in [1.165, 1.54) is 0 Å². The zero-order valence-corrected chi connectivity index (χ0v) is 7.80. The van der Waals surface area contributed by atoms with Crippen molar-refractivity contribution >= 4 is 45.6 Å². The molecule has 0 saturated heterocycles. The Labute approximate surface area is 86.1 Å². The van der Waals surface area contributed by atoms with Crippen LogP contribution in [0.1, 0.15) is 0 Å². The summed E-state index contributed by atoms with van der Waals surface area (Å²) in [5, 5.41) is 7.01. The molecule has 8 heavy (non-hydrogen) atoms. The second-order valence-electron chi connectivity index (χ2n) is 0.529. The standard InChI is InChI=1S/Ca.Fe.H3O5P/c;;1-5-6(2,3)4/h;;1H,(H2,2,3,4)/q+2;;/p-2. The third kappa shape index (κ3) is 15.7. The van der Waals surface area contributed by atoms with Gasteiger partial charge in [-0.05, 0) is 0 Å². The molecule has 8 heteroatoms. The average Bonchev–Trinajstić information content (AvgIpc) is 1.35. The maximum atomic E-state index is 9.00. The molecule has 0 atom stereocenters. The van der Waals surface area contributed by atoms with Crippen LogP contribution in [0, 0.1) is 0 Å². The number of hydrogen-bond donors (Lipinski definition) is 1. The van der Waals surface area contributed by atoms with Gasteiger partial charge in [0, 0.05) is 17.1 Å². The minimum Gasteiger partial charge on any atom is -0.788 e. The second-order valence-corrected chi connectivity index (χ2v) is 1.59. The molecular formula is HCaFeO5P. The van der Waals surface area contributed by atoms with E-state index in [1.54, 1.807) is 0 Å². The molecule has 0 radical (unpaired) electrons. The molecule has 0 aromatic carbocycles. The Morgan fingerprint density at radius 1 is 1.50 bits per heavy atom. The van der Waals surface area contributed by atoms with E-state index in [1.807, 2.05) is 0 Å². The minimum absolute atomic E-state index is 0. The van der Waals surface area contributed by atoms with Gasteiger partial charge in [-0.3, -0.25) is 0 Å². The molecule has 0 bridgehead atoms. The average molecular weight is 208 g/mol. The molecular weight excluding hydrogens is 207 g/mol. The zero-order valence-electron chi connectivity index (χ0n) is 3.59. The van der Waals surface area contributed by atoms with Crippen molar-refractivity contribution in [2.45, 2.75) is 0 Å². The first-order chi connectivity index (χ1) is 2.56. The Hall–Kier alpha value is 1.85. The van der Waals surface area contributed by atoms with Gasteiger partial charge in [0.2, 0.25) is 0 Å². The third-order valence-electron chi connectivity index (χ3n) is 0.100. The molecule has 0 aromatic rings. The molecule has 0 aromatic heterocycles. The van der Waals surface area contributed by atoms with Gasteiger partial charge in [-0.15, -0.1) is 0 Å². The van der Waals surface area contributed by atoms with Crippen LogP contribution in [0.15, 0.2) is 0 Å². The molecule has 0 saturated carbocycles. The van der Waals surface area contributed by atoms with Crippen molar-refractivity contribution in [2.75, 3.05) is 0 Å². The fourth-order valence-electron chi connectivity index (χ4n) is 0. The normalized spacial score (nSPS) is 8.88. The van der Waals surface area contributed by atoms with Crippen LogP contribution in [0.2, 0.25) is 0 Å². The van der Waals surface area contributed by atoms with Crippen LogP contribution in [0.4, 0.5) is 0 Å². The van der Waals surface area contributed by atoms with E-state index in [0.29, 0.717) is 0 Å². The topological polar surface area (TPSA) is 92.7 Å². The van der Waals surface area contributed by atoms with Crippen LogP contribution >= 0.6 is 7.82 Å². The number of phosphoric acid groups is 1. The van der Waals surface area contributed by atoms with Crippen molar-refractivity contribution in [3.63, 3.8) is 0 Å². The first-order valence-electron chi connectivity index (χ1n) is 0.913. The van der Waals surface area contributed by atoms with Gasteiger partial charge in [0.1, 0.15) is 0 Å². The van der Waals surface area contributed by atoms with Crippen molar-refractivity contribution in [3.05, 3.63) is 0 Å². The Morgan fingerprint density at radius 2 is 1.62 bits per heavy atom. The van der Waals surface area contributed by atoms with E-state index < -0.39 is 7.82 Å². The van der Waals surface area contributed by atoms with Crippen LogP contribution in [0.25, 0.3) is 0 Å². The largest absolute Gasteiger partial charge is 2.00 e. The summed E-state index contributed by atoms with van der Waals surface area (Å²) in [5.74, 6) is 0. The van der Waals surface area contributed by atoms with Crippen molar-refractivity contribution in [1.29, 1.82) is 0 Å². The van der Waals surface area contributed by atoms with Gasteiger partial charge >= 0.3 is 37.7 Å². The van der Waals surface area contributed by atoms with Crippen molar-refractivity contribution in [1.82, 2.24) is 0 Å². The Morgan fingerprint density at radius 3 is 1.62 bits per heavy atom. The smallest absolute Gasteiger partial charge is 0.788 e. The molecule has 0 heterocycles. The molecule has 0 aliphatic carbocycles. The summed E-state index contributed by atoms with van der Waals surface area (Å²) >= 11 is 0. The van der Waals surface area contributed by atoms with Crippen LogP contribution in [0.3, 0.4) is 0 Å². The minimum atomic E-state index is -5.09. The van der Waals surface area contributed by atoms with Crippen LogP contribution in [-0.4, -0.2) is 43.0 Å². The molecule has 0 unspecified atom stereocenters. The first kappa shape index (κ1) is 16.4. The predicted octanol–water partition coefficient (Wildman–Crippen LogP) is -2.08. The molecule has 46 valence electrons. The van der Waals surface area contributed by atoms with Crippen LogP contribution < -0.4 is 9.79 Å². The van der Waals surface area contributed by atoms with Gasteiger partial charge in [0.05, 0.1) is 7.82 Å². The molecule has 0 spiro atoms. The zero-order chi connectivity index (χ0) is 5.21. The quantitative estimate of drug-likeness (QED) is 0.231. The fraction of sp³-hybridized carbons (Fsp3) is 0. The van der Waals surface area contributed by atoms with E-state index in [0.717, 1.165) is 0 Å². The Kier molecular flexibility index (Phi) is 14.3. The summed E-state index contributed by atoms with van der Waals surface area (Å²) in [5.41, 5.74) is 0. The third-order valence-corrected chi connectivity index (χ3v) is 0.300. The summed E-state index contributed by atoms with van der Waals surface area (Å²) in [6, 6.07) is 0. The predicted molar refractivity (Wildman–Crippen MR) is 17.1 cm³/mol. The van der Waals surface area contributed by atoms with Crippen molar-refractivity contribution in [3.8, 4) is 0 Å². The fourth-order valence-corrected chi connectivity index (χ4v) is 0. The molecule has 0 aliphatic heterocycles. The summed E-state index contributed by atoms with van der Waals surface area (Å²) in [6.45, 7) is 0. The van der Waals surface area contributed by atoms with Gasteiger partial charge in [0.15, 0.2) is 0 Å². The van der Waals surface area contributed by atoms with E-state index in [9.17, 15) is 0 Å². The molecule has 0 aliphatic rings. The maximum Gasteiger partial charge on any atom is 2.00 e. The summed E-state index contributed by atoms with van der Waals surface area (Å²) in [4.78, 5) is 18.0. The maximum absolute atomic E-state index is 9.00. The molecule has 0 fully saturated rings. The van der Waals surface area contributed by atoms with Crippen molar-refractivity contribution < 1.29 is 41.4 Å². The van der Waals surface area contributed by atoms with Crippen LogP contribution in [-0.2, 0) is 26.3 Å². The summed E-state index contributed by atoms with van der Waals surface area (Å²) in [6.07, 6.45) is 0. The SMILES string of the molecule is O=P([O-])([O-])OO.[Ca+2].[Fe]. The van der Waals surface area contributed by atoms with E-state index >= 15 is 0 Å². The molecule has 0 amide bonds. The van der Waals surface area contributed by atoms with Crippen LogP contribution in [0.5, 0.6) is 0 Å².